The first kappa shape index (κ1) is 13.1. The summed E-state index contributed by atoms with van der Waals surface area (Å²) in [6.45, 7) is 0. The van der Waals surface area contributed by atoms with E-state index in [4.69, 9.17) is 11.6 Å². The molecule has 0 bridgehead atoms. The van der Waals surface area contributed by atoms with Crippen molar-refractivity contribution in [2.45, 2.75) is 6.10 Å². The van der Waals surface area contributed by atoms with E-state index in [2.05, 4.69) is 28.1 Å². The predicted octanol–water partition coefficient (Wildman–Crippen LogP) is 5.40. The highest BCUT2D eigenvalue weighted by molar-refractivity contribution is 9.10. The van der Waals surface area contributed by atoms with E-state index in [0.29, 0.717) is 5.02 Å². The zero-order valence-electron chi connectivity index (χ0n) is 9.81. The Balaban J connectivity index is 2.10. The summed E-state index contributed by atoms with van der Waals surface area (Å²) in [5, 5.41) is 14.4. The van der Waals surface area contributed by atoms with Gasteiger partial charge in [-0.3, -0.25) is 0 Å². The van der Waals surface area contributed by atoms with Crippen molar-refractivity contribution in [2.24, 2.45) is 0 Å². The molecule has 0 radical (unpaired) electrons. The predicted molar refractivity (Wildman–Crippen MR) is 85.0 cm³/mol. The van der Waals surface area contributed by atoms with Crippen molar-refractivity contribution in [1.82, 2.24) is 0 Å². The van der Waals surface area contributed by atoms with Gasteiger partial charge in [0.25, 0.3) is 0 Å². The van der Waals surface area contributed by atoms with Gasteiger partial charge >= 0.3 is 0 Å². The minimum Gasteiger partial charge on any atom is -0.384 e. The number of fused-ring (bicyclic) bond motifs is 1. The third-order valence-corrected chi connectivity index (χ3v) is 5.28. The molecule has 1 heterocycles. The molecule has 96 valence electrons. The maximum atomic E-state index is 10.6. The minimum atomic E-state index is -0.659. The van der Waals surface area contributed by atoms with Crippen LogP contribution in [0.3, 0.4) is 0 Å². The third kappa shape index (κ3) is 2.43. The van der Waals surface area contributed by atoms with Gasteiger partial charge in [0, 0.05) is 14.7 Å². The first-order valence-electron chi connectivity index (χ1n) is 5.76. The number of benzene rings is 2. The summed E-state index contributed by atoms with van der Waals surface area (Å²) >= 11 is 11.1. The number of halogens is 2. The van der Waals surface area contributed by atoms with E-state index in [-0.39, 0.29) is 0 Å². The maximum absolute atomic E-state index is 10.6. The van der Waals surface area contributed by atoms with Crippen molar-refractivity contribution in [3.8, 4) is 0 Å². The Morgan fingerprint density at radius 1 is 1.16 bits per heavy atom. The maximum Gasteiger partial charge on any atom is 0.105 e. The fourth-order valence-electron chi connectivity index (χ4n) is 2.09. The molecule has 3 aromatic rings. The van der Waals surface area contributed by atoms with Crippen LogP contribution >= 0.6 is 38.9 Å². The van der Waals surface area contributed by atoms with Crippen LogP contribution in [0.4, 0.5) is 0 Å². The molecule has 3 rings (SSSR count). The molecule has 0 fully saturated rings. The fraction of sp³-hybridized carbons (Fsp3) is 0.0667. The van der Waals surface area contributed by atoms with Gasteiger partial charge in [0.1, 0.15) is 6.10 Å². The molecular weight excluding hydrogens is 344 g/mol. The first-order valence-corrected chi connectivity index (χ1v) is 7.81. The molecule has 0 spiro atoms. The molecule has 19 heavy (non-hydrogen) atoms. The van der Waals surface area contributed by atoms with Crippen LogP contribution in [0.15, 0.2) is 52.3 Å². The molecule has 0 saturated heterocycles. The second kappa shape index (κ2) is 5.25. The van der Waals surface area contributed by atoms with E-state index in [9.17, 15) is 5.11 Å². The number of aliphatic hydroxyl groups is 1. The lowest BCUT2D eigenvalue weighted by Crippen LogP contribution is -1.99. The molecule has 0 amide bonds. The summed E-state index contributed by atoms with van der Waals surface area (Å²) in [6.07, 6.45) is -0.659. The quantitative estimate of drug-likeness (QED) is 0.654. The molecule has 1 aromatic heterocycles. The highest BCUT2D eigenvalue weighted by Gasteiger charge is 2.15. The summed E-state index contributed by atoms with van der Waals surface area (Å²) in [4.78, 5) is 0. The van der Waals surface area contributed by atoms with Crippen molar-refractivity contribution in [3.63, 3.8) is 0 Å². The molecule has 0 aliphatic carbocycles. The van der Waals surface area contributed by atoms with Gasteiger partial charge in [0.05, 0.1) is 5.02 Å². The van der Waals surface area contributed by atoms with Crippen LogP contribution in [0, 0.1) is 0 Å². The van der Waals surface area contributed by atoms with Gasteiger partial charge in [0.2, 0.25) is 0 Å². The molecule has 1 nitrogen and oxygen atoms in total. The van der Waals surface area contributed by atoms with Crippen molar-refractivity contribution < 1.29 is 5.11 Å². The summed E-state index contributed by atoms with van der Waals surface area (Å²) in [5.74, 6) is 0. The molecule has 1 unspecified atom stereocenters. The van der Waals surface area contributed by atoms with Gasteiger partial charge in [-0.1, -0.05) is 35.9 Å². The average molecular weight is 354 g/mol. The van der Waals surface area contributed by atoms with E-state index in [1.165, 1.54) is 0 Å². The highest BCUT2D eigenvalue weighted by Crippen LogP contribution is 2.34. The normalized spacial score (nSPS) is 12.8. The van der Waals surface area contributed by atoms with Crippen LogP contribution in [0.5, 0.6) is 0 Å². The summed E-state index contributed by atoms with van der Waals surface area (Å²) in [7, 11) is 0. The van der Waals surface area contributed by atoms with Gasteiger partial charge in [-0.2, -0.15) is 0 Å². The van der Waals surface area contributed by atoms with Gasteiger partial charge < -0.3 is 5.11 Å². The van der Waals surface area contributed by atoms with Crippen molar-refractivity contribution in [2.75, 3.05) is 0 Å². The van der Waals surface area contributed by atoms with Crippen LogP contribution in [-0.2, 0) is 0 Å². The van der Waals surface area contributed by atoms with Crippen LogP contribution < -0.4 is 0 Å². The van der Waals surface area contributed by atoms with Crippen molar-refractivity contribution >= 4 is 49.0 Å². The second-order valence-corrected chi connectivity index (χ2v) is 6.44. The minimum absolute atomic E-state index is 0.606. The average Bonchev–Trinajstić information content (AvgIpc) is 2.89. The lowest BCUT2D eigenvalue weighted by Gasteiger charge is -2.13. The monoisotopic (exact) mass is 352 g/mol. The third-order valence-electron chi connectivity index (χ3n) is 3.06. The Hall–Kier alpha value is -0.870. The number of aliphatic hydroxyl groups excluding tert-OH is 1. The zero-order valence-corrected chi connectivity index (χ0v) is 13.0. The molecule has 1 atom stereocenters. The van der Waals surface area contributed by atoms with Gasteiger partial charge in [0.15, 0.2) is 0 Å². The molecule has 4 heteroatoms. The molecule has 1 N–H and O–H groups in total. The Bertz CT molecular complexity index is 738. The van der Waals surface area contributed by atoms with E-state index in [1.807, 2.05) is 29.6 Å². The number of hydrogen-bond donors (Lipinski definition) is 1. The SMILES string of the molecule is OC(c1ccc(Br)c(Cl)c1)c1cccc2ccsc12. The van der Waals surface area contributed by atoms with Gasteiger partial charge in [-0.25, -0.2) is 0 Å². The summed E-state index contributed by atoms with van der Waals surface area (Å²) in [5.41, 5.74) is 1.72. The second-order valence-electron chi connectivity index (χ2n) is 4.26. The molecule has 0 aliphatic rings. The van der Waals surface area contributed by atoms with Crippen molar-refractivity contribution in [1.29, 1.82) is 0 Å². The fourth-order valence-corrected chi connectivity index (χ4v) is 3.47. The van der Waals surface area contributed by atoms with Gasteiger partial charge in [-0.05, 0) is 50.5 Å². The van der Waals surface area contributed by atoms with Crippen molar-refractivity contribution in [3.05, 3.63) is 68.5 Å². The smallest absolute Gasteiger partial charge is 0.105 e. The standard InChI is InChI=1S/C15H10BrClOS/c16-12-5-4-10(8-13(12)17)14(18)11-3-1-2-9-6-7-19-15(9)11/h1-8,14,18H. The summed E-state index contributed by atoms with van der Waals surface area (Å²) in [6, 6.07) is 13.6. The molecule has 0 saturated carbocycles. The zero-order chi connectivity index (χ0) is 13.4. The Morgan fingerprint density at radius 3 is 2.79 bits per heavy atom. The van der Waals surface area contributed by atoms with Crippen LogP contribution in [-0.4, -0.2) is 5.11 Å². The largest absolute Gasteiger partial charge is 0.384 e. The van der Waals surface area contributed by atoms with E-state index < -0.39 is 6.10 Å². The number of thiophene rings is 1. The first-order chi connectivity index (χ1) is 9.16. The Morgan fingerprint density at radius 2 is 2.00 bits per heavy atom. The van der Waals surface area contributed by atoms with Crippen LogP contribution in [0.2, 0.25) is 5.02 Å². The lowest BCUT2D eigenvalue weighted by atomic mass is 10.0. The Kier molecular flexibility index (Phi) is 3.63. The van der Waals surface area contributed by atoms with E-state index in [0.717, 1.165) is 25.7 Å². The molecule has 2 aromatic carbocycles. The lowest BCUT2D eigenvalue weighted by molar-refractivity contribution is 0.222. The van der Waals surface area contributed by atoms with E-state index in [1.54, 1.807) is 17.4 Å². The molecular formula is C15H10BrClOS. The Labute approximate surface area is 128 Å². The number of hydrogen-bond acceptors (Lipinski definition) is 2. The molecule has 0 aliphatic heterocycles. The topological polar surface area (TPSA) is 20.2 Å². The summed E-state index contributed by atoms with van der Waals surface area (Å²) < 4.78 is 1.95. The van der Waals surface area contributed by atoms with Crippen LogP contribution in [0.25, 0.3) is 10.1 Å². The van der Waals surface area contributed by atoms with Crippen LogP contribution in [0.1, 0.15) is 17.2 Å². The highest BCUT2D eigenvalue weighted by atomic mass is 79.9. The van der Waals surface area contributed by atoms with Gasteiger partial charge in [-0.15, -0.1) is 11.3 Å². The number of rotatable bonds is 2. The van der Waals surface area contributed by atoms with E-state index >= 15 is 0 Å².